The second-order valence-corrected chi connectivity index (χ2v) is 3.84. The van der Waals surface area contributed by atoms with Gasteiger partial charge in [-0.3, -0.25) is 4.79 Å². The van der Waals surface area contributed by atoms with Gasteiger partial charge in [0.25, 0.3) is 0 Å². The fraction of sp³-hybridized carbons (Fsp3) is 0.900. The first-order valence-corrected chi connectivity index (χ1v) is 5.21. The molecule has 1 aliphatic heterocycles. The van der Waals surface area contributed by atoms with Gasteiger partial charge in [0.2, 0.25) is 11.8 Å². The van der Waals surface area contributed by atoms with Gasteiger partial charge in [0.1, 0.15) is 0 Å². The highest BCUT2D eigenvalue weighted by Crippen LogP contribution is 2.27. The van der Waals surface area contributed by atoms with Crippen LogP contribution in [0, 0.1) is 0 Å². The average molecular weight is 205 g/mol. The van der Waals surface area contributed by atoms with Crippen LogP contribution in [0.1, 0.15) is 39.0 Å². The van der Waals surface area contributed by atoms with E-state index in [1.807, 2.05) is 6.92 Å². The number of rotatable bonds is 2. The largest absolute Gasteiger partial charge is 0.342 e. The number of hydrogen-bond acceptors (Lipinski definition) is 1. The van der Waals surface area contributed by atoms with Gasteiger partial charge in [0.05, 0.1) is 0 Å². The molecule has 1 fully saturated rings. The van der Waals surface area contributed by atoms with Gasteiger partial charge in [-0.1, -0.05) is 6.92 Å². The molecule has 0 N–H and O–H groups in total. The van der Waals surface area contributed by atoms with Crippen LogP contribution in [0.2, 0.25) is 0 Å². The molecule has 0 spiro atoms. The molecule has 0 bridgehead atoms. The monoisotopic (exact) mass is 205 g/mol. The Morgan fingerprint density at radius 1 is 1.36 bits per heavy atom. The second kappa shape index (κ2) is 4.71. The Balaban J connectivity index is 2.45. The SMILES string of the molecule is CCCC(=O)N1CCCC(F)(F)CC1. The maximum Gasteiger partial charge on any atom is 0.249 e. The van der Waals surface area contributed by atoms with E-state index in [4.69, 9.17) is 0 Å². The van der Waals surface area contributed by atoms with Crippen LogP contribution in [0.15, 0.2) is 0 Å². The van der Waals surface area contributed by atoms with Crippen LogP contribution in [-0.4, -0.2) is 29.8 Å². The molecule has 0 saturated carbocycles. The Bertz CT molecular complexity index is 206. The summed E-state index contributed by atoms with van der Waals surface area (Å²) in [4.78, 5) is 13.0. The summed E-state index contributed by atoms with van der Waals surface area (Å²) in [5, 5.41) is 0. The molecule has 2 nitrogen and oxygen atoms in total. The molecule has 0 atom stereocenters. The maximum atomic E-state index is 12.9. The Morgan fingerprint density at radius 3 is 2.71 bits per heavy atom. The molecule has 1 aliphatic rings. The molecule has 1 rings (SSSR count). The lowest BCUT2D eigenvalue weighted by Gasteiger charge is -2.20. The molecule has 0 aromatic heterocycles. The van der Waals surface area contributed by atoms with Gasteiger partial charge in [-0.2, -0.15) is 0 Å². The van der Waals surface area contributed by atoms with Crippen LogP contribution in [0.5, 0.6) is 0 Å². The van der Waals surface area contributed by atoms with Gasteiger partial charge in [0, 0.05) is 32.4 Å². The summed E-state index contributed by atoms with van der Waals surface area (Å²) < 4.78 is 25.9. The highest BCUT2D eigenvalue weighted by atomic mass is 19.3. The van der Waals surface area contributed by atoms with E-state index >= 15 is 0 Å². The first-order chi connectivity index (χ1) is 6.55. The first kappa shape index (κ1) is 11.4. The summed E-state index contributed by atoms with van der Waals surface area (Å²) in [5.74, 6) is -2.55. The number of hydrogen-bond donors (Lipinski definition) is 0. The minimum absolute atomic E-state index is 0.0187. The Kier molecular flexibility index (Phi) is 3.84. The van der Waals surface area contributed by atoms with Crippen molar-refractivity contribution in [3.63, 3.8) is 0 Å². The lowest BCUT2D eigenvalue weighted by atomic mass is 10.1. The molecule has 0 aromatic rings. The molecule has 0 aliphatic carbocycles. The Hall–Kier alpha value is -0.670. The number of amides is 1. The molecule has 1 saturated heterocycles. The van der Waals surface area contributed by atoms with E-state index in [1.165, 1.54) is 0 Å². The minimum atomic E-state index is -2.57. The summed E-state index contributed by atoms with van der Waals surface area (Å²) in [6.07, 6.45) is 1.42. The van der Waals surface area contributed by atoms with Gasteiger partial charge in [-0.25, -0.2) is 8.78 Å². The van der Waals surface area contributed by atoms with Crippen LogP contribution in [0.4, 0.5) is 8.78 Å². The van der Waals surface area contributed by atoms with E-state index < -0.39 is 5.92 Å². The van der Waals surface area contributed by atoms with Crippen molar-refractivity contribution in [2.75, 3.05) is 13.1 Å². The van der Waals surface area contributed by atoms with Crippen molar-refractivity contribution in [2.45, 2.75) is 45.0 Å². The van der Waals surface area contributed by atoms with Crippen molar-refractivity contribution in [3.05, 3.63) is 0 Å². The van der Waals surface area contributed by atoms with Gasteiger partial charge in [-0.05, 0) is 12.8 Å². The van der Waals surface area contributed by atoms with Crippen molar-refractivity contribution in [3.8, 4) is 0 Å². The summed E-state index contributed by atoms with van der Waals surface area (Å²) in [7, 11) is 0. The zero-order valence-corrected chi connectivity index (χ0v) is 8.56. The predicted molar refractivity (Wildman–Crippen MR) is 50.3 cm³/mol. The molecule has 1 amide bonds. The summed E-state index contributed by atoms with van der Waals surface area (Å²) in [6, 6.07) is 0. The fourth-order valence-corrected chi connectivity index (χ4v) is 1.69. The van der Waals surface area contributed by atoms with Crippen LogP contribution in [0.3, 0.4) is 0 Å². The molecular weight excluding hydrogens is 188 g/mol. The molecule has 0 unspecified atom stereocenters. The normalized spacial score (nSPS) is 21.8. The Labute approximate surface area is 83.3 Å². The first-order valence-electron chi connectivity index (χ1n) is 5.21. The molecule has 0 aromatic carbocycles. The predicted octanol–water partition coefficient (Wildman–Crippen LogP) is 2.43. The molecule has 1 heterocycles. The summed E-state index contributed by atoms with van der Waals surface area (Å²) >= 11 is 0. The topological polar surface area (TPSA) is 20.3 Å². The lowest BCUT2D eigenvalue weighted by molar-refractivity contribution is -0.131. The molecule has 82 valence electrons. The zero-order chi connectivity index (χ0) is 10.6. The van der Waals surface area contributed by atoms with E-state index in [0.717, 1.165) is 6.42 Å². The number of likely N-dealkylation sites (tertiary alicyclic amines) is 1. The highest BCUT2D eigenvalue weighted by Gasteiger charge is 2.32. The number of carbonyl (C=O) groups is 1. The van der Waals surface area contributed by atoms with Crippen LogP contribution < -0.4 is 0 Å². The highest BCUT2D eigenvalue weighted by molar-refractivity contribution is 5.76. The standard InChI is InChI=1S/C10H17F2NO/c1-2-4-9(14)13-7-3-5-10(11,12)6-8-13/h2-8H2,1H3. The summed E-state index contributed by atoms with van der Waals surface area (Å²) in [6.45, 7) is 2.63. The quantitative estimate of drug-likeness (QED) is 0.678. The van der Waals surface area contributed by atoms with E-state index in [9.17, 15) is 13.6 Å². The van der Waals surface area contributed by atoms with E-state index in [-0.39, 0.29) is 25.3 Å². The maximum absolute atomic E-state index is 12.9. The minimum Gasteiger partial charge on any atom is -0.342 e. The number of nitrogens with zero attached hydrogens (tertiary/aromatic N) is 1. The third-order valence-corrected chi connectivity index (χ3v) is 2.53. The molecular formula is C10H17F2NO. The Morgan fingerprint density at radius 2 is 2.07 bits per heavy atom. The van der Waals surface area contributed by atoms with Crippen molar-refractivity contribution >= 4 is 5.91 Å². The van der Waals surface area contributed by atoms with Crippen molar-refractivity contribution in [1.82, 2.24) is 4.90 Å². The lowest BCUT2D eigenvalue weighted by Crippen LogP contribution is -2.32. The number of alkyl halides is 2. The fourth-order valence-electron chi connectivity index (χ4n) is 1.69. The molecule has 0 radical (unpaired) electrons. The zero-order valence-electron chi connectivity index (χ0n) is 8.56. The summed E-state index contributed by atoms with van der Waals surface area (Å²) in [5.41, 5.74) is 0. The molecule has 4 heteroatoms. The van der Waals surface area contributed by atoms with E-state index in [2.05, 4.69) is 0 Å². The van der Waals surface area contributed by atoms with E-state index in [1.54, 1.807) is 4.90 Å². The smallest absolute Gasteiger partial charge is 0.249 e. The third-order valence-electron chi connectivity index (χ3n) is 2.53. The van der Waals surface area contributed by atoms with Crippen molar-refractivity contribution in [2.24, 2.45) is 0 Å². The average Bonchev–Trinajstić information content (AvgIpc) is 2.27. The van der Waals surface area contributed by atoms with Gasteiger partial charge >= 0.3 is 0 Å². The van der Waals surface area contributed by atoms with Gasteiger partial charge in [-0.15, -0.1) is 0 Å². The number of carbonyl (C=O) groups excluding carboxylic acids is 1. The van der Waals surface area contributed by atoms with Crippen LogP contribution >= 0.6 is 0 Å². The van der Waals surface area contributed by atoms with Crippen molar-refractivity contribution in [1.29, 1.82) is 0 Å². The van der Waals surface area contributed by atoms with Crippen LogP contribution in [-0.2, 0) is 4.79 Å². The van der Waals surface area contributed by atoms with E-state index in [0.29, 0.717) is 19.4 Å². The van der Waals surface area contributed by atoms with Crippen LogP contribution in [0.25, 0.3) is 0 Å². The van der Waals surface area contributed by atoms with Crippen molar-refractivity contribution < 1.29 is 13.6 Å². The third kappa shape index (κ3) is 3.24. The van der Waals surface area contributed by atoms with Gasteiger partial charge < -0.3 is 4.90 Å². The van der Waals surface area contributed by atoms with Gasteiger partial charge in [0.15, 0.2) is 0 Å². The number of halogens is 2. The molecule has 14 heavy (non-hydrogen) atoms. The second-order valence-electron chi connectivity index (χ2n) is 3.84.